The minimum Gasteiger partial charge on any atom is -0.480 e. The van der Waals surface area contributed by atoms with E-state index in [1.54, 1.807) is 18.2 Å². The molecule has 0 aliphatic rings. The van der Waals surface area contributed by atoms with Gasteiger partial charge in [-0.15, -0.1) is 5.10 Å². The van der Waals surface area contributed by atoms with Crippen LogP contribution in [0.5, 0.6) is 0 Å². The van der Waals surface area contributed by atoms with Crippen LogP contribution in [0.3, 0.4) is 0 Å². The Bertz CT molecular complexity index is 1770. The lowest BCUT2D eigenvalue weighted by atomic mass is 10.3. The third-order valence-electron chi connectivity index (χ3n) is 4.67. The van der Waals surface area contributed by atoms with Gasteiger partial charge in [0.05, 0.1) is 42.9 Å². The Hall–Kier alpha value is -2.98. The number of carboxylic acids is 1. The monoisotopic (exact) mass is 629 g/mol. The molecule has 0 aliphatic carbocycles. The number of halogens is 5. The summed E-state index contributed by atoms with van der Waals surface area (Å²) in [6.45, 7) is -2.21. The van der Waals surface area contributed by atoms with Crippen LogP contribution in [0.25, 0.3) is 15.9 Å². The number of alkyl halides is 2. The van der Waals surface area contributed by atoms with E-state index in [4.69, 9.17) is 39.9 Å². The van der Waals surface area contributed by atoms with E-state index >= 15 is 0 Å². The predicted molar refractivity (Wildman–Crippen MR) is 141 cm³/mol. The van der Waals surface area contributed by atoms with Gasteiger partial charge in [-0.25, -0.2) is 17.8 Å². The van der Waals surface area contributed by atoms with Gasteiger partial charge in [0.2, 0.25) is 10.0 Å². The van der Waals surface area contributed by atoms with E-state index in [9.17, 15) is 31.6 Å². The van der Waals surface area contributed by atoms with Crippen LogP contribution in [0.4, 0.5) is 14.5 Å². The minimum absolute atomic E-state index is 0.0257. The summed E-state index contributed by atoms with van der Waals surface area (Å²) in [6.07, 6.45) is 0.902. The van der Waals surface area contributed by atoms with Crippen LogP contribution in [0, 0.1) is 6.92 Å². The molecule has 18 heteroatoms. The smallest absolute Gasteiger partial charge is 0.355 e. The lowest BCUT2D eigenvalue weighted by Crippen LogP contribution is -2.25. The molecule has 204 valence electrons. The number of rotatable bonds is 6. The van der Waals surface area contributed by atoms with Gasteiger partial charge in [0.15, 0.2) is 0 Å². The number of hydrogen-bond acceptors (Lipinski definition) is 7. The van der Waals surface area contributed by atoms with E-state index in [0.717, 1.165) is 23.7 Å². The molecule has 0 radical (unpaired) electrons. The van der Waals surface area contributed by atoms with Crippen molar-refractivity contribution in [2.45, 2.75) is 20.0 Å². The van der Waals surface area contributed by atoms with Gasteiger partial charge in [0, 0.05) is 0 Å². The van der Waals surface area contributed by atoms with Gasteiger partial charge >= 0.3 is 23.1 Å². The lowest BCUT2D eigenvalue weighted by molar-refractivity contribution is -0.137. The van der Waals surface area contributed by atoms with Gasteiger partial charge in [0.25, 0.3) is 0 Å². The van der Waals surface area contributed by atoms with Crippen molar-refractivity contribution in [3.63, 3.8) is 0 Å². The van der Waals surface area contributed by atoms with Gasteiger partial charge < -0.3 is 5.11 Å². The molecule has 0 spiro atoms. The molecule has 2 aromatic carbocycles. The van der Waals surface area contributed by atoms with Crippen molar-refractivity contribution in [1.82, 2.24) is 18.9 Å². The molecule has 0 unspecified atom stereocenters. The molecule has 2 aromatic heterocycles. The second-order valence-electron chi connectivity index (χ2n) is 7.48. The molecule has 11 nitrogen and oxygen atoms in total. The summed E-state index contributed by atoms with van der Waals surface area (Å²) in [4.78, 5) is 33.8. The SMILES string of the molecule is Cc1nn(-c2cc(NS(C)(=O)=O)c(Cl)cc2Cl)c(=O)n1C(F)F.O=C(O)Cn1c(=O)sc2cccc(Cl)c21. The van der Waals surface area contributed by atoms with Gasteiger partial charge in [-0.2, -0.15) is 13.5 Å². The molecule has 4 rings (SSSR count). The topological polar surface area (TPSA) is 145 Å². The number of aryl methyl sites for hydroxylation is 1. The van der Waals surface area contributed by atoms with Crippen molar-refractivity contribution in [1.29, 1.82) is 0 Å². The zero-order chi connectivity index (χ0) is 28.5. The number of aromatic nitrogens is 4. The van der Waals surface area contributed by atoms with Crippen molar-refractivity contribution < 1.29 is 27.1 Å². The molecule has 0 saturated heterocycles. The number of carbonyl (C=O) groups is 1. The summed E-state index contributed by atoms with van der Waals surface area (Å²) in [5.74, 6) is -1.29. The molecular weight excluding hydrogens is 615 g/mol. The molecule has 0 bridgehead atoms. The number of thiazole rings is 1. The van der Waals surface area contributed by atoms with Crippen LogP contribution in [0.2, 0.25) is 15.1 Å². The highest BCUT2D eigenvalue weighted by atomic mass is 35.5. The van der Waals surface area contributed by atoms with Crippen LogP contribution in [-0.4, -0.2) is 44.7 Å². The highest BCUT2D eigenvalue weighted by molar-refractivity contribution is 7.92. The second-order valence-corrected chi connectivity index (χ2v) is 11.4. The fraction of sp³-hybridized carbons (Fsp3) is 0.200. The summed E-state index contributed by atoms with van der Waals surface area (Å²) in [5, 5.41) is 12.7. The van der Waals surface area contributed by atoms with Gasteiger partial charge in [0.1, 0.15) is 12.4 Å². The predicted octanol–water partition coefficient (Wildman–Crippen LogP) is 4.22. The van der Waals surface area contributed by atoms with E-state index in [0.29, 0.717) is 19.9 Å². The first-order valence-corrected chi connectivity index (χ1v) is 13.9. The van der Waals surface area contributed by atoms with Gasteiger partial charge in [-0.3, -0.25) is 18.9 Å². The van der Waals surface area contributed by atoms with Crippen LogP contribution in [0.15, 0.2) is 39.9 Å². The molecule has 2 heterocycles. The molecule has 2 N–H and O–H groups in total. The van der Waals surface area contributed by atoms with Crippen LogP contribution >= 0.6 is 46.1 Å². The van der Waals surface area contributed by atoms with Crippen molar-refractivity contribution >= 4 is 78.0 Å². The lowest BCUT2D eigenvalue weighted by Gasteiger charge is -2.10. The summed E-state index contributed by atoms with van der Waals surface area (Å²) < 4.78 is 53.1. The van der Waals surface area contributed by atoms with Gasteiger partial charge in [-0.05, 0) is 31.2 Å². The summed E-state index contributed by atoms with van der Waals surface area (Å²) in [5.41, 5.74) is -0.775. The Morgan fingerprint density at radius 1 is 1.16 bits per heavy atom. The van der Waals surface area contributed by atoms with Crippen molar-refractivity contribution in [2.75, 3.05) is 11.0 Å². The maximum absolute atomic E-state index is 12.8. The molecule has 0 amide bonds. The largest absolute Gasteiger partial charge is 0.480 e. The first kappa shape index (κ1) is 29.6. The number of sulfonamides is 1. The Balaban J connectivity index is 0.000000230. The highest BCUT2D eigenvalue weighted by Gasteiger charge is 2.21. The molecule has 38 heavy (non-hydrogen) atoms. The van der Waals surface area contributed by atoms with Crippen molar-refractivity contribution in [3.8, 4) is 5.69 Å². The highest BCUT2D eigenvalue weighted by Crippen LogP contribution is 2.31. The third-order valence-corrected chi connectivity index (χ3v) is 7.12. The fourth-order valence-corrected chi connectivity index (χ4v) is 5.58. The zero-order valence-corrected chi connectivity index (χ0v) is 23.1. The number of aliphatic carboxylic acids is 1. The number of fused-ring (bicyclic) bond motifs is 1. The number of para-hydroxylation sites is 1. The van der Waals surface area contributed by atoms with E-state index < -0.39 is 28.2 Å². The van der Waals surface area contributed by atoms with Crippen LogP contribution in [-0.2, 0) is 21.4 Å². The maximum atomic E-state index is 12.8. The standard InChI is InChI=1S/C11H10Cl2F2N4O3S.C9H6ClNO3S/c1-5-16-19(11(20)18(5)10(14)15)9-4-8(17-23(2,21)22)6(12)3-7(9)13;10-5-2-1-3-6-8(5)11(4-7(12)13)9(14)15-6/h3-4,10,17H,1-2H3;1-3H,4H2,(H,12,13). The van der Waals surface area contributed by atoms with Crippen molar-refractivity contribution in [2.24, 2.45) is 0 Å². The molecule has 0 aliphatic heterocycles. The Morgan fingerprint density at radius 2 is 1.82 bits per heavy atom. The summed E-state index contributed by atoms with van der Waals surface area (Å²) in [6, 6.07) is 7.41. The Morgan fingerprint density at radius 3 is 2.37 bits per heavy atom. The van der Waals surface area contributed by atoms with Crippen molar-refractivity contribution in [3.05, 3.63) is 71.4 Å². The number of anilines is 1. The first-order chi connectivity index (χ1) is 17.6. The number of nitrogens with one attached hydrogen (secondary N) is 1. The van der Waals surface area contributed by atoms with E-state index in [-0.39, 0.29) is 43.2 Å². The maximum Gasteiger partial charge on any atom is 0.355 e. The molecular formula is C20H16Cl3F2N5O6S2. The molecule has 4 aromatic rings. The average Bonchev–Trinajstić information content (AvgIpc) is 3.25. The Labute approximate surface area is 231 Å². The van der Waals surface area contributed by atoms with Crippen LogP contribution in [0.1, 0.15) is 12.4 Å². The molecule has 0 fully saturated rings. The summed E-state index contributed by atoms with van der Waals surface area (Å²) in [7, 11) is -3.65. The number of nitrogens with zero attached hydrogens (tertiary/aromatic N) is 4. The van der Waals surface area contributed by atoms with Crippen LogP contribution < -0.4 is 15.3 Å². The first-order valence-electron chi connectivity index (χ1n) is 10.0. The van der Waals surface area contributed by atoms with Gasteiger partial charge in [-0.1, -0.05) is 52.2 Å². The van der Waals surface area contributed by atoms with E-state index in [2.05, 4.69) is 9.82 Å². The number of benzene rings is 2. The zero-order valence-electron chi connectivity index (χ0n) is 19.2. The van der Waals surface area contributed by atoms with E-state index in [1.807, 2.05) is 0 Å². The molecule has 0 atom stereocenters. The minimum atomic E-state index is -3.65. The summed E-state index contributed by atoms with van der Waals surface area (Å²) >= 11 is 18.7. The average molecular weight is 631 g/mol. The Kier molecular flexibility index (Phi) is 8.88. The fourth-order valence-electron chi connectivity index (χ4n) is 3.19. The number of hydrogen-bond donors (Lipinski definition) is 2. The third kappa shape index (κ3) is 6.53. The quantitative estimate of drug-likeness (QED) is 0.325. The number of carboxylic acid groups (broad SMARTS) is 1. The molecule has 0 saturated carbocycles. The normalized spacial score (nSPS) is 11.5. The second kappa shape index (κ2) is 11.4. The van der Waals surface area contributed by atoms with E-state index in [1.165, 1.54) is 17.6 Å².